The summed E-state index contributed by atoms with van der Waals surface area (Å²) in [7, 11) is 1.50. The number of amides is 2. The van der Waals surface area contributed by atoms with E-state index >= 15 is 0 Å². The zero-order chi connectivity index (χ0) is 21.9. The summed E-state index contributed by atoms with van der Waals surface area (Å²) in [5.41, 5.74) is 1.91. The first-order valence-corrected chi connectivity index (χ1v) is 9.33. The van der Waals surface area contributed by atoms with E-state index in [1.54, 1.807) is 18.2 Å². The smallest absolute Gasteiger partial charge is 0.405 e. The summed E-state index contributed by atoms with van der Waals surface area (Å²) < 4.78 is 42.9. The summed E-state index contributed by atoms with van der Waals surface area (Å²) >= 11 is 0. The summed E-state index contributed by atoms with van der Waals surface area (Å²) in [5.74, 6) is -0.767. The molecule has 1 aliphatic heterocycles. The summed E-state index contributed by atoms with van der Waals surface area (Å²) in [6, 6.07) is 11.6. The molecule has 2 aromatic rings. The van der Waals surface area contributed by atoms with Crippen LogP contribution in [0.5, 0.6) is 5.75 Å². The SMILES string of the molecule is COc1ccc(C)cc1N1CC(C(=O)Nc2ccccc2NCC(F)(F)F)CC1=O. The van der Waals surface area contributed by atoms with Crippen LogP contribution in [-0.4, -0.2) is 38.2 Å². The molecule has 0 radical (unpaired) electrons. The van der Waals surface area contributed by atoms with E-state index in [2.05, 4.69) is 10.6 Å². The van der Waals surface area contributed by atoms with Crippen molar-refractivity contribution in [3.8, 4) is 5.75 Å². The molecule has 0 aromatic heterocycles. The highest BCUT2D eigenvalue weighted by Crippen LogP contribution is 2.34. The Morgan fingerprint density at radius 3 is 2.57 bits per heavy atom. The average molecular weight is 421 g/mol. The molecule has 0 bridgehead atoms. The Hall–Kier alpha value is -3.23. The molecular formula is C21H22F3N3O3. The van der Waals surface area contributed by atoms with Crippen LogP contribution in [0.1, 0.15) is 12.0 Å². The van der Waals surface area contributed by atoms with E-state index in [1.807, 2.05) is 19.1 Å². The van der Waals surface area contributed by atoms with Gasteiger partial charge in [0.15, 0.2) is 0 Å². The van der Waals surface area contributed by atoms with Crippen LogP contribution in [0.15, 0.2) is 42.5 Å². The van der Waals surface area contributed by atoms with Crippen molar-refractivity contribution in [2.45, 2.75) is 19.5 Å². The Morgan fingerprint density at radius 2 is 1.90 bits per heavy atom. The third-order valence-electron chi connectivity index (χ3n) is 4.79. The molecular weight excluding hydrogens is 399 g/mol. The van der Waals surface area contributed by atoms with E-state index < -0.39 is 24.5 Å². The molecule has 0 spiro atoms. The third kappa shape index (κ3) is 5.03. The Kier molecular flexibility index (Phi) is 6.19. The van der Waals surface area contributed by atoms with Crippen LogP contribution in [0.25, 0.3) is 0 Å². The number of nitrogens with zero attached hydrogens (tertiary/aromatic N) is 1. The Bertz CT molecular complexity index is 947. The molecule has 1 atom stereocenters. The van der Waals surface area contributed by atoms with Gasteiger partial charge in [0.2, 0.25) is 11.8 Å². The molecule has 1 unspecified atom stereocenters. The lowest BCUT2D eigenvalue weighted by Crippen LogP contribution is -2.29. The maximum Gasteiger partial charge on any atom is 0.405 e. The molecule has 0 saturated carbocycles. The van der Waals surface area contributed by atoms with E-state index in [4.69, 9.17) is 4.74 Å². The standard InChI is InChI=1S/C21H22F3N3O3/c1-13-7-8-18(30-2)17(9-13)27-11-14(10-19(27)28)20(29)26-16-6-4-3-5-15(16)25-12-21(22,23)24/h3-9,14,25H,10-12H2,1-2H3,(H,26,29). The quantitative estimate of drug-likeness (QED) is 0.741. The van der Waals surface area contributed by atoms with Crippen molar-refractivity contribution in [2.24, 2.45) is 5.92 Å². The van der Waals surface area contributed by atoms with Gasteiger partial charge in [-0.05, 0) is 36.8 Å². The van der Waals surface area contributed by atoms with Gasteiger partial charge in [-0.2, -0.15) is 13.2 Å². The van der Waals surface area contributed by atoms with Crippen LogP contribution >= 0.6 is 0 Å². The number of carbonyl (C=O) groups excluding carboxylic acids is 2. The number of methoxy groups -OCH3 is 1. The second-order valence-corrected chi connectivity index (χ2v) is 7.08. The number of ether oxygens (including phenoxy) is 1. The fourth-order valence-electron chi connectivity index (χ4n) is 3.30. The number of hydrogen-bond donors (Lipinski definition) is 2. The number of alkyl halides is 3. The molecule has 9 heteroatoms. The number of para-hydroxylation sites is 2. The third-order valence-corrected chi connectivity index (χ3v) is 4.79. The molecule has 1 aliphatic rings. The van der Waals surface area contributed by atoms with Crippen molar-refractivity contribution < 1.29 is 27.5 Å². The van der Waals surface area contributed by atoms with Crippen molar-refractivity contribution in [1.82, 2.24) is 0 Å². The van der Waals surface area contributed by atoms with Gasteiger partial charge in [0.05, 0.1) is 30.1 Å². The lowest BCUT2D eigenvalue weighted by atomic mass is 10.1. The molecule has 160 valence electrons. The topological polar surface area (TPSA) is 70.7 Å². The highest BCUT2D eigenvalue weighted by atomic mass is 19.4. The van der Waals surface area contributed by atoms with Crippen molar-refractivity contribution in [3.63, 3.8) is 0 Å². The zero-order valence-electron chi connectivity index (χ0n) is 16.5. The maximum atomic E-state index is 12.7. The summed E-state index contributed by atoms with van der Waals surface area (Å²) in [6.07, 6.45) is -4.39. The fourth-order valence-corrected chi connectivity index (χ4v) is 3.30. The monoisotopic (exact) mass is 421 g/mol. The number of hydrogen-bond acceptors (Lipinski definition) is 4. The molecule has 1 fully saturated rings. The zero-order valence-corrected chi connectivity index (χ0v) is 16.5. The number of anilines is 3. The molecule has 3 rings (SSSR count). The minimum absolute atomic E-state index is 0.00107. The van der Waals surface area contributed by atoms with Crippen LogP contribution in [0.4, 0.5) is 30.2 Å². The largest absolute Gasteiger partial charge is 0.495 e. The summed E-state index contributed by atoms with van der Waals surface area (Å²) in [6.45, 7) is 0.823. The second-order valence-electron chi connectivity index (χ2n) is 7.08. The lowest BCUT2D eigenvalue weighted by Gasteiger charge is -2.20. The number of halogens is 3. The molecule has 2 N–H and O–H groups in total. The molecule has 1 saturated heterocycles. The number of nitrogens with one attached hydrogen (secondary N) is 2. The minimum atomic E-state index is -4.39. The van der Waals surface area contributed by atoms with Gasteiger partial charge >= 0.3 is 6.18 Å². The van der Waals surface area contributed by atoms with Crippen molar-refractivity contribution in [2.75, 3.05) is 35.7 Å². The predicted octanol–water partition coefficient (Wildman–Crippen LogP) is 3.97. The van der Waals surface area contributed by atoms with Gasteiger partial charge in [-0.1, -0.05) is 18.2 Å². The lowest BCUT2D eigenvalue weighted by molar-refractivity contribution is -0.122. The summed E-state index contributed by atoms with van der Waals surface area (Å²) in [5, 5.41) is 4.92. The predicted molar refractivity (Wildman–Crippen MR) is 108 cm³/mol. The average Bonchev–Trinajstić information content (AvgIpc) is 3.08. The Balaban J connectivity index is 1.73. The first kappa shape index (κ1) is 21.5. The molecule has 6 nitrogen and oxygen atoms in total. The van der Waals surface area contributed by atoms with Crippen molar-refractivity contribution in [3.05, 3.63) is 48.0 Å². The minimum Gasteiger partial charge on any atom is -0.495 e. The summed E-state index contributed by atoms with van der Waals surface area (Å²) in [4.78, 5) is 26.8. The fraction of sp³-hybridized carbons (Fsp3) is 0.333. The maximum absolute atomic E-state index is 12.7. The normalized spacial score (nSPS) is 16.5. The first-order valence-electron chi connectivity index (χ1n) is 9.33. The van der Waals surface area contributed by atoms with Gasteiger partial charge in [0.25, 0.3) is 0 Å². The molecule has 2 amide bonds. The highest BCUT2D eigenvalue weighted by Gasteiger charge is 2.36. The van der Waals surface area contributed by atoms with E-state index in [9.17, 15) is 22.8 Å². The Morgan fingerprint density at radius 1 is 1.20 bits per heavy atom. The van der Waals surface area contributed by atoms with E-state index in [1.165, 1.54) is 24.1 Å². The highest BCUT2D eigenvalue weighted by molar-refractivity contribution is 6.05. The van der Waals surface area contributed by atoms with Gasteiger partial charge in [-0.3, -0.25) is 9.59 Å². The van der Waals surface area contributed by atoms with Crippen LogP contribution in [0.2, 0.25) is 0 Å². The van der Waals surface area contributed by atoms with E-state index in [0.717, 1.165) is 5.56 Å². The molecule has 0 aliphatic carbocycles. The molecule has 30 heavy (non-hydrogen) atoms. The van der Waals surface area contributed by atoms with Crippen molar-refractivity contribution >= 4 is 28.9 Å². The van der Waals surface area contributed by atoms with Crippen LogP contribution in [-0.2, 0) is 9.59 Å². The molecule has 2 aromatic carbocycles. The second kappa shape index (κ2) is 8.64. The van der Waals surface area contributed by atoms with Crippen LogP contribution in [0.3, 0.4) is 0 Å². The van der Waals surface area contributed by atoms with Crippen LogP contribution in [0, 0.1) is 12.8 Å². The number of rotatable bonds is 6. The van der Waals surface area contributed by atoms with Crippen LogP contribution < -0.4 is 20.3 Å². The van der Waals surface area contributed by atoms with Gasteiger partial charge in [-0.25, -0.2) is 0 Å². The number of benzene rings is 2. The Labute approximate surface area is 172 Å². The van der Waals surface area contributed by atoms with Gasteiger partial charge in [0, 0.05) is 13.0 Å². The number of aryl methyl sites for hydroxylation is 1. The molecule has 1 heterocycles. The van der Waals surface area contributed by atoms with Gasteiger partial charge in [0.1, 0.15) is 12.3 Å². The first-order chi connectivity index (χ1) is 14.2. The van der Waals surface area contributed by atoms with Crippen molar-refractivity contribution in [1.29, 1.82) is 0 Å². The van der Waals surface area contributed by atoms with E-state index in [0.29, 0.717) is 11.4 Å². The van der Waals surface area contributed by atoms with Gasteiger partial charge < -0.3 is 20.3 Å². The van der Waals surface area contributed by atoms with Gasteiger partial charge in [-0.15, -0.1) is 0 Å². The van der Waals surface area contributed by atoms with E-state index in [-0.39, 0.29) is 30.2 Å². The number of carbonyl (C=O) groups is 2.